The van der Waals surface area contributed by atoms with Gasteiger partial charge in [0.2, 0.25) is 0 Å². The highest BCUT2D eigenvalue weighted by atomic mass is 14.7. The second-order valence-corrected chi connectivity index (χ2v) is 5.62. The van der Waals surface area contributed by atoms with Crippen LogP contribution in [0.2, 0.25) is 0 Å². The average Bonchev–Trinajstić information content (AvgIpc) is 2.64. The number of unbranched alkanes of at least 4 members (excludes halogenated alkanes) is 2. The standard InChI is InChI=1S/C22H26N2/c1-2-3-4-5-6-7-8-9-10-11-12-20-13-14-22(24-19-20)21-15-17-23-18-16-21/h3-4,7-8,11-19H,2,5-6,9-10H2,1H3. The van der Waals surface area contributed by atoms with E-state index in [1.807, 2.05) is 18.3 Å². The number of rotatable bonds is 9. The summed E-state index contributed by atoms with van der Waals surface area (Å²) in [7, 11) is 0. The van der Waals surface area contributed by atoms with Gasteiger partial charge in [0, 0.05) is 24.2 Å². The Morgan fingerprint density at radius 2 is 1.46 bits per heavy atom. The zero-order valence-electron chi connectivity index (χ0n) is 14.4. The Morgan fingerprint density at radius 1 is 0.792 bits per heavy atom. The molecular weight excluding hydrogens is 292 g/mol. The summed E-state index contributed by atoms with van der Waals surface area (Å²) < 4.78 is 0. The Kier molecular flexibility index (Phi) is 8.28. The van der Waals surface area contributed by atoms with Gasteiger partial charge in [-0.2, -0.15) is 0 Å². The molecule has 0 N–H and O–H groups in total. The van der Waals surface area contributed by atoms with Crippen LogP contribution in [-0.2, 0) is 0 Å². The van der Waals surface area contributed by atoms with E-state index in [1.165, 1.54) is 0 Å². The Labute approximate surface area is 145 Å². The maximum atomic E-state index is 4.51. The molecule has 0 radical (unpaired) electrons. The van der Waals surface area contributed by atoms with Crippen LogP contribution in [0.4, 0.5) is 0 Å². The second kappa shape index (κ2) is 11.1. The lowest BCUT2D eigenvalue weighted by Gasteiger charge is -2.00. The molecule has 0 fully saturated rings. The summed E-state index contributed by atoms with van der Waals surface area (Å²) in [6.07, 6.45) is 24.5. The van der Waals surface area contributed by atoms with Crippen molar-refractivity contribution >= 4 is 6.08 Å². The molecule has 2 heteroatoms. The molecule has 0 bridgehead atoms. The zero-order valence-corrected chi connectivity index (χ0v) is 14.4. The first kappa shape index (κ1) is 17.9. The van der Waals surface area contributed by atoms with Gasteiger partial charge >= 0.3 is 0 Å². The summed E-state index contributed by atoms with van der Waals surface area (Å²) in [6.45, 7) is 2.17. The van der Waals surface area contributed by atoms with Gasteiger partial charge in [0.25, 0.3) is 0 Å². The Hall–Kier alpha value is -2.48. The van der Waals surface area contributed by atoms with Crippen molar-refractivity contribution in [3.05, 3.63) is 78.8 Å². The summed E-state index contributed by atoms with van der Waals surface area (Å²) in [5.74, 6) is 0. The van der Waals surface area contributed by atoms with E-state index < -0.39 is 0 Å². The lowest BCUT2D eigenvalue weighted by atomic mass is 10.1. The van der Waals surface area contributed by atoms with Gasteiger partial charge < -0.3 is 0 Å². The van der Waals surface area contributed by atoms with Gasteiger partial charge in [-0.3, -0.25) is 9.97 Å². The topological polar surface area (TPSA) is 25.8 Å². The molecule has 0 amide bonds. The SMILES string of the molecule is CCC=CCCC=CCCC=Cc1ccc(-c2ccncc2)nc1. The number of pyridine rings is 2. The van der Waals surface area contributed by atoms with Gasteiger partial charge in [-0.25, -0.2) is 0 Å². The fraction of sp³-hybridized carbons (Fsp3) is 0.273. The molecule has 0 saturated carbocycles. The van der Waals surface area contributed by atoms with E-state index in [9.17, 15) is 0 Å². The lowest BCUT2D eigenvalue weighted by Crippen LogP contribution is -1.84. The molecule has 2 heterocycles. The number of hydrogen-bond donors (Lipinski definition) is 0. The second-order valence-electron chi connectivity index (χ2n) is 5.62. The molecule has 0 aliphatic heterocycles. The fourth-order valence-corrected chi connectivity index (χ4v) is 2.32. The van der Waals surface area contributed by atoms with Crippen LogP contribution in [0.15, 0.2) is 73.2 Å². The Bertz CT molecular complexity index is 652. The van der Waals surface area contributed by atoms with Crippen LogP contribution in [-0.4, -0.2) is 9.97 Å². The predicted octanol–water partition coefficient (Wildman–Crippen LogP) is 6.24. The third-order valence-electron chi connectivity index (χ3n) is 3.64. The molecule has 2 rings (SSSR count). The molecule has 0 atom stereocenters. The Balaban J connectivity index is 1.71. The first-order chi connectivity index (χ1) is 11.9. The third-order valence-corrected chi connectivity index (χ3v) is 3.64. The van der Waals surface area contributed by atoms with Crippen molar-refractivity contribution in [2.45, 2.75) is 39.0 Å². The molecule has 0 saturated heterocycles. The normalized spacial score (nSPS) is 11.9. The minimum atomic E-state index is 0.981. The zero-order chi connectivity index (χ0) is 16.9. The number of allylic oxidation sites excluding steroid dienone is 5. The van der Waals surface area contributed by atoms with Crippen LogP contribution < -0.4 is 0 Å². The first-order valence-corrected chi connectivity index (χ1v) is 8.73. The lowest BCUT2D eigenvalue weighted by molar-refractivity contribution is 1.00. The summed E-state index contributed by atoms with van der Waals surface area (Å²) in [6, 6.07) is 8.11. The van der Waals surface area contributed by atoms with E-state index in [2.05, 4.69) is 65.5 Å². The molecule has 0 aliphatic carbocycles. The highest BCUT2D eigenvalue weighted by molar-refractivity contribution is 5.60. The van der Waals surface area contributed by atoms with Crippen LogP contribution in [0.1, 0.15) is 44.6 Å². The summed E-state index contributed by atoms with van der Waals surface area (Å²) in [4.78, 5) is 8.54. The summed E-state index contributed by atoms with van der Waals surface area (Å²) >= 11 is 0. The highest BCUT2D eigenvalue weighted by Gasteiger charge is 1.97. The first-order valence-electron chi connectivity index (χ1n) is 8.73. The maximum Gasteiger partial charge on any atom is 0.0703 e. The van der Waals surface area contributed by atoms with Crippen LogP contribution in [0, 0.1) is 0 Å². The van der Waals surface area contributed by atoms with Crippen molar-refractivity contribution in [3.63, 3.8) is 0 Å². The van der Waals surface area contributed by atoms with Gasteiger partial charge in [0.15, 0.2) is 0 Å². The van der Waals surface area contributed by atoms with Gasteiger partial charge in [-0.15, -0.1) is 0 Å². The van der Waals surface area contributed by atoms with Crippen LogP contribution in [0.3, 0.4) is 0 Å². The van der Waals surface area contributed by atoms with E-state index in [0.29, 0.717) is 0 Å². The molecular formula is C22H26N2. The van der Waals surface area contributed by atoms with Crippen molar-refractivity contribution in [3.8, 4) is 11.3 Å². The minimum Gasteiger partial charge on any atom is -0.265 e. The van der Waals surface area contributed by atoms with Crippen molar-refractivity contribution in [2.24, 2.45) is 0 Å². The molecule has 0 unspecified atom stereocenters. The number of nitrogens with zero attached hydrogens (tertiary/aromatic N) is 2. The smallest absolute Gasteiger partial charge is 0.0703 e. The van der Waals surface area contributed by atoms with Crippen molar-refractivity contribution in [1.82, 2.24) is 9.97 Å². The molecule has 0 aliphatic rings. The van der Waals surface area contributed by atoms with Gasteiger partial charge in [-0.1, -0.05) is 49.4 Å². The molecule has 2 aromatic heterocycles. The molecule has 0 aromatic carbocycles. The molecule has 2 aromatic rings. The van der Waals surface area contributed by atoms with Crippen molar-refractivity contribution < 1.29 is 0 Å². The largest absolute Gasteiger partial charge is 0.265 e. The fourth-order valence-electron chi connectivity index (χ4n) is 2.32. The minimum absolute atomic E-state index is 0.981. The third kappa shape index (κ3) is 6.74. The average molecular weight is 318 g/mol. The number of hydrogen-bond acceptors (Lipinski definition) is 2. The maximum absolute atomic E-state index is 4.51. The van der Waals surface area contributed by atoms with Crippen LogP contribution in [0.5, 0.6) is 0 Å². The van der Waals surface area contributed by atoms with E-state index >= 15 is 0 Å². The summed E-state index contributed by atoms with van der Waals surface area (Å²) in [5.41, 5.74) is 3.22. The molecule has 24 heavy (non-hydrogen) atoms. The van der Waals surface area contributed by atoms with Crippen LogP contribution >= 0.6 is 0 Å². The quantitative estimate of drug-likeness (QED) is 0.404. The highest BCUT2D eigenvalue weighted by Crippen LogP contribution is 2.16. The van der Waals surface area contributed by atoms with E-state index in [4.69, 9.17) is 0 Å². The summed E-state index contributed by atoms with van der Waals surface area (Å²) in [5, 5.41) is 0. The van der Waals surface area contributed by atoms with Crippen molar-refractivity contribution in [2.75, 3.05) is 0 Å². The van der Waals surface area contributed by atoms with E-state index in [1.54, 1.807) is 12.4 Å². The van der Waals surface area contributed by atoms with Crippen LogP contribution in [0.25, 0.3) is 17.3 Å². The Morgan fingerprint density at radius 3 is 2.08 bits per heavy atom. The molecule has 124 valence electrons. The van der Waals surface area contributed by atoms with Gasteiger partial charge in [-0.05, 0) is 55.9 Å². The number of aromatic nitrogens is 2. The predicted molar refractivity (Wildman–Crippen MR) is 104 cm³/mol. The molecule has 2 nitrogen and oxygen atoms in total. The van der Waals surface area contributed by atoms with Gasteiger partial charge in [0.1, 0.15) is 0 Å². The van der Waals surface area contributed by atoms with Crippen molar-refractivity contribution in [1.29, 1.82) is 0 Å². The monoisotopic (exact) mass is 318 g/mol. The van der Waals surface area contributed by atoms with E-state index in [-0.39, 0.29) is 0 Å². The van der Waals surface area contributed by atoms with E-state index in [0.717, 1.165) is 48.9 Å². The molecule has 0 spiro atoms. The van der Waals surface area contributed by atoms with Gasteiger partial charge in [0.05, 0.1) is 5.69 Å².